The van der Waals surface area contributed by atoms with Gasteiger partial charge in [0.25, 0.3) is 0 Å². The molecule has 1 atom stereocenters. The molecule has 1 saturated heterocycles. The van der Waals surface area contributed by atoms with E-state index in [0.717, 1.165) is 34.1 Å². The largest absolute Gasteiger partial charge is 0.493 e. The number of benzene rings is 2. The van der Waals surface area contributed by atoms with Crippen LogP contribution in [0.4, 0.5) is 11.5 Å². The molecule has 8 heteroatoms. The molecule has 1 aromatic heterocycles. The van der Waals surface area contributed by atoms with Crippen LogP contribution in [0.3, 0.4) is 0 Å². The lowest BCUT2D eigenvalue weighted by atomic mass is 10.1. The third-order valence-electron chi connectivity index (χ3n) is 5.05. The maximum atomic E-state index is 6.11. The van der Waals surface area contributed by atoms with E-state index in [0.29, 0.717) is 35.6 Å². The van der Waals surface area contributed by atoms with E-state index in [1.165, 1.54) is 6.33 Å². The van der Waals surface area contributed by atoms with Gasteiger partial charge in [0.15, 0.2) is 16.6 Å². The van der Waals surface area contributed by atoms with E-state index in [1.54, 1.807) is 7.11 Å². The quantitative estimate of drug-likeness (QED) is 0.589. The summed E-state index contributed by atoms with van der Waals surface area (Å²) in [6.07, 6.45) is 2.35. The highest BCUT2D eigenvalue weighted by Gasteiger charge is 2.20. The zero-order chi connectivity index (χ0) is 21.1. The fourth-order valence-corrected chi connectivity index (χ4v) is 3.66. The number of ether oxygens (including phenoxy) is 3. The third kappa shape index (κ3) is 4.29. The molecule has 2 N–H and O–H groups in total. The van der Waals surface area contributed by atoms with E-state index in [1.807, 2.05) is 44.2 Å². The number of nitrogens with zero attached hydrogens (tertiary/aromatic N) is 2. The highest BCUT2D eigenvalue weighted by atomic mass is 32.1. The van der Waals surface area contributed by atoms with Crippen LogP contribution in [0.15, 0.2) is 36.7 Å². The van der Waals surface area contributed by atoms with Gasteiger partial charge in [-0.05, 0) is 43.3 Å². The Morgan fingerprint density at radius 2 is 1.93 bits per heavy atom. The summed E-state index contributed by atoms with van der Waals surface area (Å²) in [6, 6.07) is 9.83. The van der Waals surface area contributed by atoms with E-state index in [9.17, 15) is 0 Å². The number of hydrogen-bond acceptors (Lipinski definition) is 6. The molecular weight excluding hydrogens is 400 g/mol. The zero-order valence-electron chi connectivity index (χ0n) is 17.2. The van der Waals surface area contributed by atoms with Gasteiger partial charge in [-0.1, -0.05) is 18.2 Å². The Balaban J connectivity index is 1.62. The van der Waals surface area contributed by atoms with Crippen molar-refractivity contribution in [1.82, 2.24) is 9.97 Å². The van der Waals surface area contributed by atoms with Crippen LogP contribution in [0.1, 0.15) is 17.5 Å². The molecule has 7 nitrogen and oxygen atoms in total. The Hall–Kier alpha value is -2.97. The Labute approximate surface area is 180 Å². The lowest BCUT2D eigenvalue weighted by Crippen LogP contribution is -2.21. The molecule has 30 heavy (non-hydrogen) atoms. The van der Waals surface area contributed by atoms with E-state index < -0.39 is 0 Å². The number of thiocarbonyl (C=S) groups is 1. The van der Waals surface area contributed by atoms with Crippen molar-refractivity contribution in [3.63, 3.8) is 0 Å². The standard InChI is InChI=1S/C22H24N4O3S/c1-13-5-4-6-14(2)20(13)25-22(30)26-21-16-9-19(29-15-7-8-28-11-15)18(27-3)10-17(16)23-12-24-21/h4-6,9-10,12,15H,7-8,11H2,1-3H3,(H2,23,24,25,26,30). The lowest BCUT2D eigenvalue weighted by Gasteiger charge is -2.17. The van der Waals surface area contributed by atoms with Crippen molar-refractivity contribution in [3.05, 3.63) is 47.8 Å². The minimum absolute atomic E-state index is 0.00386. The third-order valence-corrected chi connectivity index (χ3v) is 5.26. The fraction of sp³-hybridized carbons (Fsp3) is 0.318. The summed E-state index contributed by atoms with van der Waals surface area (Å²) >= 11 is 5.54. The number of para-hydroxylation sites is 1. The molecule has 0 amide bonds. The maximum Gasteiger partial charge on any atom is 0.176 e. The van der Waals surface area contributed by atoms with Gasteiger partial charge in [-0.3, -0.25) is 0 Å². The van der Waals surface area contributed by atoms with Gasteiger partial charge in [-0.2, -0.15) is 0 Å². The summed E-state index contributed by atoms with van der Waals surface area (Å²) in [6.45, 7) is 5.36. The van der Waals surface area contributed by atoms with Crippen LogP contribution in [0.5, 0.6) is 11.5 Å². The van der Waals surface area contributed by atoms with E-state index in [4.69, 9.17) is 26.4 Å². The molecule has 2 aromatic carbocycles. The second-order valence-corrected chi connectivity index (χ2v) is 7.60. The highest BCUT2D eigenvalue weighted by Crippen LogP contribution is 2.35. The van der Waals surface area contributed by atoms with Gasteiger partial charge in [-0.25, -0.2) is 9.97 Å². The first-order valence-electron chi connectivity index (χ1n) is 9.76. The van der Waals surface area contributed by atoms with Gasteiger partial charge in [0.05, 0.1) is 25.8 Å². The fourth-order valence-electron chi connectivity index (χ4n) is 3.46. The predicted molar refractivity (Wildman–Crippen MR) is 122 cm³/mol. The number of aryl methyl sites for hydroxylation is 2. The van der Waals surface area contributed by atoms with E-state index in [-0.39, 0.29) is 6.10 Å². The maximum absolute atomic E-state index is 6.11. The number of fused-ring (bicyclic) bond motifs is 1. The molecule has 0 aliphatic carbocycles. The minimum Gasteiger partial charge on any atom is -0.493 e. The molecular formula is C22H24N4O3S. The van der Waals surface area contributed by atoms with Crippen molar-refractivity contribution in [2.45, 2.75) is 26.4 Å². The van der Waals surface area contributed by atoms with Crippen LogP contribution in [0.2, 0.25) is 0 Å². The molecule has 1 aliphatic rings. The number of methoxy groups -OCH3 is 1. The number of anilines is 2. The number of nitrogens with one attached hydrogen (secondary N) is 2. The molecule has 3 aromatic rings. The van der Waals surface area contributed by atoms with E-state index >= 15 is 0 Å². The van der Waals surface area contributed by atoms with Crippen LogP contribution >= 0.6 is 12.2 Å². The molecule has 4 rings (SSSR count). The van der Waals surface area contributed by atoms with Gasteiger partial charge in [0.1, 0.15) is 18.2 Å². The second-order valence-electron chi connectivity index (χ2n) is 7.19. The first kappa shape index (κ1) is 20.3. The Morgan fingerprint density at radius 3 is 2.63 bits per heavy atom. The van der Waals surface area contributed by atoms with E-state index in [2.05, 4.69) is 20.6 Å². The molecule has 0 bridgehead atoms. The van der Waals surface area contributed by atoms with Crippen LogP contribution in [-0.4, -0.2) is 41.5 Å². The van der Waals surface area contributed by atoms with Gasteiger partial charge in [-0.15, -0.1) is 0 Å². The average Bonchev–Trinajstić information content (AvgIpc) is 3.24. The van der Waals surface area contributed by atoms with Gasteiger partial charge in [0.2, 0.25) is 0 Å². The molecule has 1 unspecified atom stereocenters. The summed E-state index contributed by atoms with van der Waals surface area (Å²) in [5.41, 5.74) is 3.95. The molecule has 0 spiro atoms. The van der Waals surface area contributed by atoms with Crippen molar-refractivity contribution in [2.24, 2.45) is 0 Å². The van der Waals surface area contributed by atoms with Crippen molar-refractivity contribution >= 4 is 39.7 Å². The number of aromatic nitrogens is 2. The first-order chi connectivity index (χ1) is 14.5. The van der Waals surface area contributed by atoms with Crippen molar-refractivity contribution in [3.8, 4) is 11.5 Å². The summed E-state index contributed by atoms with van der Waals surface area (Å²) in [5, 5.41) is 7.71. The molecule has 2 heterocycles. The molecule has 0 radical (unpaired) electrons. The molecule has 0 saturated carbocycles. The minimum atomic E-state index is 0.00386. The van der Waals surface area contributed by atoms with Gasteiger partial charge in [0, 0.05) is 23.6 Å². The van der Waals surface area contributed by atoms with Crippen LogP contribution in [0, 0.1) is 13.8 Å². The lowest BCUT2D eigenvalue weighted by molar-refractivity contribution is 0.139. The first-order valence-corrected chi connectivity index (χ1v) is 10.2. The summed E-state index contributed by atoms with van der Waals surface area (Å²) in [4.78, 5) is 8.76. The number of rotatable bonds is 5. The summed E-state index contributed by atoms with van der Waals surface area (Å²) in [7, 11) is 1.61. The SMILES string of the molecule is COc1cc2ncnc(NC(=S)Nc3c(C)cccc3C)c2cc1OC1CCOC1. The van der Waals surface area contributed by atoms with Crippen molar-refractivity contribution in [1.29, 1.82) is 0 Å². The number of hydrogen-bond donors (Lipinski definition) is 2. The second kappa shape index (κ2) is 8.81. The van der Waals surface area contributed by atoms with Crippen molar-refractivity contribution < 1.29 is 14.2 Å². The Morgan fingerprint density at radius 1 is 1.13 bits per heavy atom. The molecule has 156 valence electrons. The molecule has 1 fully saturated rings. The zero-order valence-corrected chi connectivity index (χ0v) is 18.0. The summed E-state index contributed by atoms with van der Waals surface area (Å²) < 4.78 is 17.0. The van der Waals surface area contributed by atoms with Crippen LogP contribution < -0.4 is 20.1 Å². The normalized spacial score (nSPS) is 15.8. The Kier molecular flexibility index (Phi) is 5.96. The monoisotopic (exact) mass is 424 g/mol. The van der Waals surface area contributed by atoms with Gasteiger partial charge < -0.3 is 24.8 Å². The van der Waals surface area contributed by atoms with Crippen LogP contribution in [0.25, 0.3) is 10.9 Å². The predicted octanol–water partition coefficient (Wildman–Crippen LogP) is 4.23. The average molecular weight is 425 g/mol. The highest BCUT2D eigenvalue weighted by molar-refractivity contribution is 7.80. The van der Waals surface area contributed by atoms with Crippen LogP contribution in [-0.2, 0) is 4.74 Å². The molecule has 1 aliphatic heterocycles. The smallest absolute Gasteiger partial charge is 0.176 e. The Bertz CT molecular complexity index is 1060. The van der Waals surface area contributed by atoms with Crippen molar-refractivity contribution in [2.75, 3.05) is 31.0 Å². The van der Waals surface area contributed by atoms with Gasteiger partial charge >= 0.3 is 0 Å². The topological polar surface area (TPSA) is 77.5 Å². The summed E-state index contributed by atoms with van der Waals surface area (Å²) in [5.74, 6) is 1.85.